The molecule has 0 bridgehead atoms. The average molecular weight is 179 g/mol. The van der Waals surface area contributed by atoms with Gasteiger partial charge in [0.2, 0.25) is 0 Å². The molecule has 0 amide bonds. The van der Waals surface area contributed by atoms with Gasteiger partial charge in [-0.1, -0.05) is 5.11 Å². The Morgan fingerprint density at radius 2 is 2.50 bits per heavy atom. The molecule has 1 aliphatic carbocycles. The molecule has 1 aliphatic rings. The van der Waals surface area contributed by atoms with Crippen LogP contribution in [0.2, 0.25) is 0 Å². The molecule has 1 heterocycles. The first-order valence-electron chi connectivity index (χ1n) is 4.01. The van der Waals surface area contributed by atoms with Crippen LogP contribution in [0.5, 0.6) is 0 Å². The number of fused-ring (bicyclic) bond motifs is 1. The second kappa shape index (κ2) is 3.17. The predicted molar refractivity (Wildman–Crippen MR) is 49.2 cm³/mol. The molecule has 4 heteroatoms. The Labute approximate surface area is 74.7 Å². The zero-order valence-corrected chi connectivity index (χ0v) is 7.47. The van der Waals surface area contributed by atoms with Gasteiger partial charge >= 0.3 is 0 Å². The zero-order valence-electron chi connectivity index (χ0n) is 6.66. The smallest absolute Gasteiger partial charge is 0.0605 e. The number of hydrogen-bond donors (Lipinski definition) is 0. The van der Waals surface area contributed by atoms with Crippen molar-refractivity contribution in [3.63, 3.8) is 0 Å². The van der Waals surface area contributed by atoms with Crippen molar-refractivity contribution in [2.45, 2.75) is 25.8 Å². The molecule has 0 saturated heterocycles. The molecule has 0 atom stereocenters. The lowest BCUT2D eigenvalue weighted by Gasteiger charge is -1.86. The van der Waals surface area contributed by atoms with Gasteiger partial charge in [-0.25, -0.2) is 0 Å². The monoisotopic (exact) mass is 179 g/mol. The predicted octanol–water partition coefficient (Wildman–Crippen LogP) is 3.05. The Kier molecular flexibility index (Phi) is 2.02. The summed E-state index contributed by atoms with van der Waals surface area (Å²) in [6.45, 7) is 0.522. The maximum absolute atomic E-state index is 8.14. The van der Waals surface area contributed by atoms with E-state index in [2.05, 4.69) is 16.1 Å². The number of azide groups is 1. The second-order valence-corrected chi connectivity index (χ2v) is 4.12. The van der Waals surface area contributed by atoms with Crippen LogP contribution < -0.4 is 0 Å². The van der Waals surface area contributed by atoms with Crippen LogP contribution in [0.1, 0.15) is 21.7 Å². The van der Waals surface area contributed by atoms with E-state index in [4.69, 9.17) is 5.53 Å². The molecule has 1 aromatic heterocycles. The van der Waals surface area contributed by atoms with E-state index in [9.17, 15) is 0 Å². The van der Waals surface area contributed by atoms with E-state index in [0.717, 1.165) is 0 Å². The summed E-state index contributed by atoms with van der Waals surface area (Å²) < 4.78 is 0. The van der Waals surface area contributed by atoms with Gasteiger partial charge in [0.05, 0.1) is 6.54 Å². The van der Waals surface area contributed by atoms with Gasteiger partial charge in [0.1, 0.15) is 0 Å². The maximum Gasteiger partial charge on any atom is 0.0605 e. The van der Waals surface area contributed by atoms with Crippen LogP contribution in [0.3, 0.4) is 0 Å². The molecule has 0 aromatic carbocycles. The minimum atomic E-state index is 0.522. The molecule has 0 spiro atoms. The molecular weight excluding hydrogens is 170 g/mol. The van der Waals surface area contributed by atoms with Gasteiger partial charge < -0.3 is 0 Å². The van der Waals surface area contributed by atoms with Crippen LogP contribution in [0, 0.1) is 0 Å². The standard InChI is InChI=1S/C8H9N3S/c9-11-10-5-7-4-6-2-1-3-8(6)12-7/h4H,1-3,5H2. The average Bonchev–Trinajstić information content (AvgIpc) is 2.58. The van der Waals surface area contributed by atoms with E-state index < -0.39 is 0 Å². The summed E-state index contributed by atoms with van der Waals surface area (Å²) in [5, 5.41) is 3.55. The highest BCUT2D eigenvalue weighted by Gasteiger charge is 2.13. The third-order valence-corrected chi connectivity index (χ3v) is 3.31. The number of hydrogen-bond acceptors (Lipinski definition) is 2. The minimum absolute atomic E-state index is 0.522. The normalized spacial score (nSPS) is 14.0. The molecular formula is C8H9N3S. The van der Waals surface area contributed by atoms with Crippen LogP contribution in [0.25, 0.3) is 10.4 Å². The van der Waals surface area contributed by atoms with Gasteiger partial charge in [0, 0.05) is 14.7 Å². The Hall–Kier alpha value is -0.990. The van der Waals surface area contributed by atoms with Crippen LogP contribution >= 0.6 is 11.3 Å². The van der Waals surface area contributed by atoms with Gasteiger partial charge in [-0.15, -0.1) is 11.3 Å². The Morgan fingerprint density at radius 3 is 3.25 bits per heavy atom. The Morgan fingerprint density at radius 1 is 1.58 bits per heavy atom. The molecule has 3 nitrogen and oxygen atoms in total. The first-order chi connectivity index (χ1) is 5.90. The lowest BCUT2D eigenvalue weighted by Crippen LogP contribution is -1.73. The van der Waals surface area contributed by atoms with Crippen molar-refractivity contribution in [3.05, 3.63) is 31.8 Å². The lowest BCUT2D eigenvalue weighted by molar-refractivity contribution is 0.912. The lowest BCUT2D eigenvalue weighted by atomic mass is 10.2. The third kappa shape index (κ3) is 1.31. The van der Waals surface area contributed by atoms with Gasteiger partial charge in [0.15, 0.2) is 0 Å². The van der Waals surface area contributed by atoms with Gasteiger partial charge in [0.25, 0.3) is 0 Å². The quantitative estimate of drug-likeness (QED) is 0.380. The fourth-order valence-electron chi connectivity index (χ4n) is 1.57. The van der Waals surface area contributed by atoms with E-state index in [-0.39, 0.29) is 0 Å². The summed E-state index contributed by atoms with van der Waals surface area (Å²) in [5.41, 5.74) is 9.61. The highest BCUT2D eigenvalue weighted by Crippen LogP contribution is 2.30. The fraction of sp³-hybridized carbons (Fsp3) is 0.500. The molecule has 2 rings (SSSR count). The molecule has 0 radical (unpaired) electrons. The van der Waals surface area contributed by atoms with Crippen LogP contribution in [0.15, 0.2) is 11.2 Å². The first kappa shape index (κ1) is 7.65. The summed E-state index contributed by atoms with van der Waals surface area (Å²) in [5.74, 6) is 0. The zero-order chi connectivity index (χ0) is 8.39. The highest BCUT2D eigenvalue weighted by atomic mass is 32.1. The van der Waals surface area contributed by atoms with Crippen molar-refractivity contribution >= 4 is 11.3 Å². The van der Waals surface area contributed by atoms with Gasteiger partial charge in [-0.3, -0.25) is 0 Å². The number of nitrogens with zero attached hydrogens (tertiary/aromatic N) is 3. The summed E-state index contributed by atoms with van der Waals surface area (Å²) in [7, 11) is 0. The number of rotatable bonds is 2. The SMILES string of the molecule is [N-]=[N+]=NCc1cc2c(s1)CCC2. The van der Waals surface area contributed by atoms with Crippen molar-refractivity contribution in [2.24, 2.45) is 5.11 Å². The van der Waals surface area contributed by atoms with Crippen LogP contribution in [-0.2, 0) is 19.4 Å². The van der Waals surface area contributed by atoms with Crippen molar-refractivity contribution in [1.29, 1.82) is 0 Å². The molecule has 0 N–H and O–H groups in total. The van der Waals surface area contributed by atoms with Gasteiger partial charge in [-0.2, -0.15) is 0 Å². The molecule has 62 valence electrons. The maximum atomic E-state index is 8.14. The first-order valence-corrected chi connectivity index (χ1v) is 4.83. The third-order valence-electron chi connectivity index (χ3n) is 2.09. The number of aryl methyl sites for hydroxylation is 2. The topological polar surface area (TPSA) is 48.8 Å². The number of thiophene rings is 1. The molecule has 0 aliphatic heterocycles. The van der Waals surface area contributed by atoms with E-state index in [1.807, 2.05) is 0 Å². The van der Waals surface area contributed by atoms with Crippen LogP contribution in [-0.4, -0.2) is 0 Å². The minimum Gasteiger partial charge on any atom is -0.145 e. The van der Waals surface area contributed by atoms with E-state index >= 15 is 0 Å². The van der Waals surface area contributed by atoms with Crippen molar-refractivity contribution < 1.29 is 0 Å². The Balaban J connectivity index is 2.19. The highest BCUT2D eigenvalue weighted by molar-refractivity contribution is 7.12. The largest absolute Gasteiger partial charge is 0.145 e. The molecule has 1 aromatic rings. The summed E-state index contributed by atoms with van der Waals surface area (Å²) in [6, 6.07) is 2.18. The van der Waals surface area contributed by atoms with Gasteiger partial charge in [-0.05, 0) is 36.4 Å². The molecule has 12 heavy (non-hydrogen) atoms. The van der Waals surface area contributed by atoms with E-state index in [0.29, 0.717) is 6.54 Å². The summed E-state index contributed by atoms with van der Waals surface area (Å²) >= 11 is 1.80. The van der Waals surface area contributed by atoms with Crippen LogP contribution in [0.4, 0.5) is 0 Å². The Bertz CT molecular complexity index is 315. The van der Waals surface area contributed by atoms with Crippen molar-refractivity contribution in [2.75, 3.05) is 0 Å². The summed E-state index contributed by atoms with van der Waals surface area (Å²) in [6.07, 6.45) is 3.72. The second-order valence-electron chi connectivity index (χ2n) is 2.90. The molecule has 0 fully saturated rings. The van der Waals surface area contributed by atoms with E-state index in [1.54, 1.807) is 11.3 Å². The van der Waals surface area contributed by atoms with Crippen molar-refractivity contribution in [3.8, 4) is 0 Å². The van der Waals surface area contributed by atoms with Crippen molar-refractivity contribution in [1.82, 2.24) is 0 Å². The molecule has 0 unspecified atom stereocenters. The summed E-state index contributed by atoms with van der Waals surface area (Å²) in [4.78, 5) is 5.45. The van der Waals surface area contributed by atoms with E-state index in [1.165, 1.54) is 34.6 Å². The molecule has 0 saturated carbocycles. The fourth-order valence-corrected chi connectivity index (χ4v) is 2.75.